The van der Waals surface area contributed by atoms with Crippen molar-refractivity contribution in [1.82, 2.24) is 5.32 Å². The van der Waals surface area contributed by atoms with Crippen LogP contribution in [0.5, 0.6) is 0 Å². The van der Waals surface area contributed by atoms with Gasteiger partial charge >= 0.3 is 6.09 Å². The van der Waals surface area contributed by atoms with E-state index in [1.165, 1.54) is 0 Å². The van der Waals surface area contributed by atoms with Crippen LogP contribution in [0, 0.1) is 5.92 Å². The highest BCUT2D eigenvalue weighted by molar-refractivity contribution is 5.64. The van der Waals surface area contributed by atoms with Crippen LogP contribution in [0.1, 0.15) is 0 Å². The van der Waals surface area contributed by atoms with Crippen molar-refractivity contribution in [2.24, 2.45) is 5.92 Å². The van der Waals surface area contributed by atoms with E-state index in [9.17, 15) is 4.79 Å². The maximum Gasteiger partial charge on any atom is 0.406 e. The Kier molecular flexibility index (Phi) is 4.51. The number of rotatable bonds is 4. The summed E-state index contributed by atoms with van der Waals surface area (Å²) in [7, 11) is 0. The van der Waals surface area contributed by atoms with Gasteiger partial charge in [-0.2, -0.15) is 0 Å². The molecule has 0 rings (SSSR count). The van der Waals surface area contributed by atoms with Crippen molar-refractivity contribution in [2.75, 3.05) is 13.2 Å². The molecule has 11 heavy (non-hydrogen) atoms. The normalized spacial score (nSPS) is 13.1. The average Bonchev–Trinajstić information content (AvgIpc) is 1.88. The van der Waals surface area contributed by atoms with Crippen LogP contribution in [0.4, 0.5) is 4.79 Å². The molecule has 1 atom stereocenters. The van der Waals surface area contributed by atoms with Crippen molar-refractivity contribution < 1.29 is 25.2 Å². The average molecular weight is 165 g/mol. The molecule has 0 radical (unpaired) electrons. The number of carbonyl (C=O) groups is 1. The predicted octanol–water partition coefficient (Wildman–Crippen LogP) is -1.83. The summed E-state index contributed by atoms with van der Waals surface area (Å²) in [6.45, 7) is -0.949. The number of aliphatic hydroxyl groups excluding tert-OH is 3. The van der Waals surface area contributed by atoms with Crippen molar-refractivity contribution in [1.29, 1.82) is 0 Å². The lowest BCUT2D eigenvalue weighted by Gasteiger charge is -2.17. The standard InChI is InChI=1S/C5H11NO5/c7-1-3(2-8)4(9)6-5(10)11/h3-4,6-9H,1-2H2,(H,10,11). The summed E-state index contributed by atoms with van der Waals surface area (Å²) in [6.07, 6.45) is -2.83. The van der Waals surface area contributed by atoms with E-state index >= 15 is 0 Å². The topological polar surface area (TPSA) is 110 Å². The molecule has 66 valence electrons. The van der Waals surface area contributed by atoms with Gasteiger partial charge in [0.2, 0.25) is 0 Å². The highest BCUT2D eigenvalue weighted by Gasteiger charge is 2.18. The van der Waals surface area contributed by atoms with Gasteiger partial charge in [-0.1, -0.05) is 0 Å². The number of aliphatic hydroxyl groups is 3. The molecule has 0 fully saturated rings. The second kappa shape index (κ2) is 4.89. The molecular formula is C5H11NO5. The Bertz CT molecular complexity index is 124. The van der Waals surface area contributed by atoms with Crippen molar-refractivity contribution in [3.8, 4) is 0 Å². The number of carboxylic acid groups (broad SMARTS) is 1. The van der Waals surface area contributed by atoms with Gasteiger partial charge in [0.05, 0.1) is 13.2 Å². The van der Waals surface area contributed by atoms with Crippen LogP contribution in [0.25, 0.3) is 0 Å². The monoisotopic (exact) mass is 165 g/mol. The van der Waals surface area contributed by atoms with Crippen molar-refractivity contribution in [3.05, 3.63) is 0 Å². The molecular weight excluding hydrogens is 154 g/mol. The molecule has 0 aromatic rings. The van der Waals surface area contributed by atoms with Gasteiger partial charge in [0.15, 0.2) is 0 Å². The lowest BCUT2D eigenvalue weighted by Crippen LogP contribution is -2.42. The molecule has 0 saturated carbocycles. The van der Waals surface area contributed by atoms with E-state index in [-0.39, 0.29) is 0 Å². The Labute approximate surface area is 63.1 Å². The summed E-state index contributed by atoms with van der Waals surface area (Å²) in [5.41, 5.74) is 0. The smallest absolute Gasteiger partial charge is 0.406 e. The van der Waals surface area contributed by atoms with Crippen LogP contribution in [0.15, 0.2) is 0 Å². The minimum atomic E-state index is -1.43. The molecule has 0 bridgehead atoms. The van der Waals surface area contributed by atoms with E-state index in [4.69, 9.17) is 20.4 Å². The molecule has 0 aromatic carbocycles. The third-order valence-electron chi connectivity index (χ3n) is 1.19. The third-order valence-corrected chi connectivity index (χ3v) is 1.19. The molecule has 0 spiro atoms. The molecule has 5 N–H and O–H groups in total. The maximum atomic E-state index is 9.91. The van der Waals surface area contributed by atoms with Crippen LogP contribution in [-0.2, 0) is 0 Å². The van der Waals surface area contributed by atoms with E-state index in [1.807, 2.05) is 0 Å². The fourth-order valence-corrected chi connectivity index (χ4v) is 0.502. The first-order valence-corrected chi connectivity index (χ1v) is 3.01. The van der Waals surface area contributed by atoms with E-state index in [1.54, 1.807) is 5.32 Å². The molecule has 0 aliphatic rings. The number of hydrogen-bond acceptors (Lipinski definition) is 4. The highest BCUT2D eigenvalue weighted by atomic mass is 16.4. The van der Waals surface area contributed by atoms with E-state index < -0.39 is 31.5 Å². The summed E-state index contributed by atoms with van der Waals surface area (Å²) in [5, 5.41) is 35.6. The van der Waals surface area contributed by atoms with Crippen LogP contribution in [-0.4, -0.2) is 46.0 Å². The molecule has 0 aliphatic carbocycles. The van der Waals surface area contributed by atoms with Crippen LogP contribution in [0.3, 0.4) is 0 Å². The third kappa shape index (κ3) is 3.76. The van der Waals surface area contributed by atoms with Crippen molar-refractivity contribution in [3.63, 3.8) is 0 Å². The molecule has 1 unspecified atom stereocenters. The number of amides is 1. The van der Waals surface area contributed by atoms with Crippen molar-refractivity contribution in [2.45, 2.75) is 6.23 Å². The zero-order valence-electron chi connectivity index (χ0n) is 5.77. The number of nitrogens with one attached hydrogen (secondary N) is 1. The first kappa shape index (κ1) is 10.2. The Morgan fingerprint density at radius 3 is 2.09 bits per heavy atom. The van der Waals surface area contributed by atoms with Gasteiger partial charge in [-0.25, -0.2) is 4.79 Å². The molecule has 6 nitrogen and oxygen atoms in total. The van der Waals surface area contributed by atoms with Crippen LogP contribution < -0.4 is 5.32 Å². The van der Waals surface area contributed by atoms with Gasteiger partial charge in [0.1, 0.15) is 6.23 Å². The van der Waals surface area contributed by atoms with Gasteiger partial charge in [-0.3, -0.25) is 5.32 Å². The van der Waals surface area contributed by atoms with E-state index in [0.717, 1.165) is 0 Å². The van der Waals surface area contributed by atoms with E-state index in [2.05, 4.69) is 0 Å². The Hall–Kier alpha value is -0.850. The second-order valence-corrected chi connectivity index (χ2v) is 2.02. The van der Waals surface area contributed by atoms with Crippen LogP contribution >= 0.6 is 0 Å². The minimum absolute atomic E-state index is 0.474. The Morgan fingerprint density at radius 2 is 1.82 bits per heavy atom. The van der Waals surface area contributed by atoms with Gasteiger partial charge in [0.25, 0.3) is 0 Å². The summed E-state index contributed by atoms with van der Waals surface area (Å²) in [6, 6.07) is 0. The SMILES string of the molecule is O=C(O)NC(O)C(CO)CO. The zero-order chi connectivity index (χ0) is 8.85. The van der Waals surface area contributed by atoms with Crippen molar-refractivity contribution >= 4 is 6.09 Å². The first-order chi connectivity index (χ1) is 5.11. The fourth-order valence-electron chi connectivity index (χ4n) is 0.502. The van der Waals surface area contributed by atoms with Gasteiger partial charge in [-0.15, -0.1) is 0 Å². The molecule has 6 heteroatoms. The summed E-state index contributed by atoms with van der Waals surface area (Å²) >= 11 is 0. The maximum absolute atomic E-state index is 9.91. The molecule has 0 aromatic heterocycles. The lowest BCUT2D eigenvalue weighted by atomic mass is 10.1. The van der Waals surface area contributed by atoms with Gasteiger partial charge < -0.3 is 20.4 Å². The lowest BCUT2D eigenvalue weighted by molar-refractivity contribution is 0.0143. The van der Waals surface area contributed by atoms with Gasteiger partial charge in [0, 0.05) is 5.92 Å². The summed E-state index contributed by atoms with van der Waals surface area (Å²) in [5.74, 6) is -0.869. The highest BCUT2D eigenvalue weighted by Crippen LogP contribution is 1.97. The Balaban J connectivity index is 3.78. The fraction of sp³-hybridized carbons (Fsp3) is 0.800. The number of hydrogen-bond donors (Lipinski definition) is 5. The molecule has 0 heterocycles. The Morgan fingerprint density at radius 1 is 1.36 bits per heavy atom. The van der Waals surface area contributed by atoms with E-state index in [0.29, 0.717) is 0 Å². The molecule has 0 saturated heterocycles. The zero-order valence-corrected chi connectivity index (χ0v) is 5.77. The summed E-state index contributed by atoms with van der Waals surface area (Å²) in [4.78, 5) is 9.91. The molecule has 1 amide bonds. The quantitative estimate of drug-likeness (QED) is 0.315. The van der Waals surface area contributed by atoms with Crippen LogP contribution in [0.2, 0.25) is 0 Å². The first-order valence-electron chi connectivity index (χ1n) is 3.01. The second-order valence-electron chi connectivity index (χ2n) is 2.02. The minimum Gasteiger partial charge on any atom is -0.465 e. The molecule has 0 aliphatic heterocycles. The van der Waals surface area contributed by atoms with Gasteiger partial charge in [-0.05, 0) is 0 Å². The largest absolute Gasteiger partial charge is 0.465 e. The summed E-state index contributed by atoms with van der Waals surface area (Å²) < 4.78 is 0. The predicted molar refractivity (Wildman–Crippen MR) is 34.8 cm³/mol.